The van der Waals surface area contributed by atoms with Crippen LogP contribution in [0.4, 0.5) is 0 Å². The second kappa shape index (κ2) is 6.94. The van der Waals surface area contributed by atoms with Crippen molar-refractivity contribution in [3.05, 3.63) is 51.2 Å². The lowest BCUT2D eigenvalue weighted by molar-refractivity contribution is 0.414. The maximum Gasteiger partial charge on any atom is 0.118 e. The van der Waals surface area contributed by atoms with Crippen molar-refractivity contribution >= 4 is 22.9 Å². The van der Waals surface area contributed by atoms with Gasteiger partial charge in [-0.2, -0.15) is 0 Å². The second-order valence-electron chi connectivity index (χ2n) is 4.40. The Labute approximate surface area is 123 Å². The van der Waals surface area contributed by atoms with Crippen LogP contribution in [0.15, 0.2) is 36.4 Å². The predicted octanol–water partition coefficient (Wildman–Crippen LogP) is 4.30. The van der Waals surface area contributed by atoms with E-state index in [-0.39, 0.29) is 0 Å². The number of rotatable bonds is 6. The van der Waals surface area contributed by atoms with Gasteiger partial charge in [-0.3, -0.25) is 0 Å². The van der Waals surface area contributed by atoms with Crippen molar-refractivity contribution < 1.29 is 4.74 Å². The molecule has 1 atom stereocenters. The molecule has 0 fully saturated rings. The highest BCUT2D eigenvalue weighted by atomic mass is 35.5. The molecule has 1 aromatic heterocycles. The Morgan fingerprint density at radius 3 is 2.53 bits per heavy atom. The lowest BCUT2D eigenvalue weighted by Crippen LogP contribution is -2.21. The summed E-state index contributed by atoms with van der Waals surface area (Å²) >= 11 is 7.56. The molecule has 1 unspecified atom stereocenters. The van der Waals surface area contributed by atoms with Crippen LogP contribution in [0.25, 0.3) is 0 Å². The summed E-state index contributed by atoms with van der Waals surface area (Å²) in [4.78, 5) is 1.32. The van der Waals surface area contributed by atoms with Crippen molar-refractivity contribution in [3.8, 4) is 5.75 Å². The number of hydrogen-bond donors (Lipinski definition) is 1. The largest absolute Gasteiger partial charge is 0.497 e. The molecule has 1 N–H and O–H groups in total. The number of methoxy groups -OCH3 is 1. The van der Waals surface area contributed by atoms with E-state index in [4.69, 9.17) is 16.3 Å². The summed E-state index contributed by atoms with van der Waals surface area (Å²) in [5, 5.41) is 3.52. The molecule has 4 heteroatoms. The average molecular weight is 296 g/mol. The summed E-state index contributed by atoms with van der Waals surface area (Å²) in [5.41, 5.74) is 1.27. The van der Waals surface area contributed by atoms with Gasteiger partial charge in [0.05, 0.1) is 11.4 Å². The summed E-state index contributed by atoms with van der Waals surface area (Å²) < 4.78 is 6.02. The quantitative estimate of drug-likeness (QED) is 0.858. The highest BCUT2D eigenvalue weighted by Gasteiger charge is 2.05. The van der Waals surface area contributed by atoms with Crippen LogP contribution in [0, 0.1) is 0 Å². The minimum atomic E-state index is 0.335. The molecule has 102 valence electrons. The molecular weight excluding hydrogens is 278 g/mol. The molecule has 2 aromatic rings. The Kier molecular flexibility index (Phi) is 5.25. The van der Waals surface area contributed by atoms with Gasteiger partial charge in [0, 0.05) is 17.5 Å². The standard InChI is InChI=1S/C15H18ClNOS/c1-11(12-3-5-13(18-2)6-4-12)17-10-9-14-7-8-15(16)19-14/h3-8,11,17H,9-10H2,1-2H3. The minimum absolute atomic E-state index is 0.335. The molecule has 0 saturated heterocycles. The molecule has 0 amide bonds. The van der Waals surface area contributed by atoms with Crippen molar-refractivity contribution in [1.82, 2.24) is 5.32 Å². The SMILES string of the molecule is COc1ccc(C(C)NCCc2ccc(Cl)s2)cc1. The van der Waals surface area contributed by atoms with Gasteiger partial charge in [-0.05, 0) is 43.2 Å². The fraction of sp³-hybridized carbons (Fsp3) is 0.333. The van der Waals surface area contributed by atoms with E-state index in [9.17, 15) is 0 Å². The molecule has 0 radical (unpaired) electrons. The third kappa shape index (κ3) is 4.23. The monoisotopic (exact) mass is 295 g/mol. The van der Waals surface area contributed by atoms with Crippen molar-refractivity contribution in [3.63, 3.8) is 0 Å². The Bertz CT molecular complexity index is 509. The first kappa shape index (κ1) is 14.4. The van der Waals surface area contributed by atoms with E-state index in [1.165, 1.54) is 10.4 Å². The zero-order valence-electron chi connectivity index (χ0n) is 11.2. The van der Waals surface area contributed by atoms with E-state index in [0.717, 1.165) is 23.1 Å². The number of benzene rings is 1. The first-order valence-corrected chi connectivity index (χ1v) is 7.50. The molecule has 0 spiro atoms. The zero-order valence-corrected chi connectivity index (χ0v) is 12.7. The number of hydrogen-bond acceptors (Lipinski definition) is 3. The molecule has 0 bridgehead atoms. The second-order valence-corrected chi connectivity index (χ2v) is 6.20. The van der Waals surface area contributed by atoms with Crippen LogP contribution < -0.4 is 10.1 Å². The Hall–Kier alpha value is -1.03. The lowest BCUT2D eigenvalue weighted by Gasteiger charge is -2.14. The van der Waals surface area contributed by atoms with E-state index in [2.05, 4.69) is 30.4 Å². The van der Waals surface area contributed by atoms with Crippen LogP contribution in [0.2, 0.25) is 4.34 Å². The van der Waals surface area contributed by atoms with Crippen LogP contribution in [0.1, 0.15) is 23.4 Å². The molecule has 2 rings (SSSR count). The van der Waals surface area contributed by atoms with Crippen LogP contribution in [0.3, 0.4) is 0 Å². The maximum atomic E-state index is 5.91. The highest BCUT2D eigenvalue weighted by molar-refractivity contribution is 7.16. The molecule has 1 aromatic carbocycles. The van der Waals surface area contributed by atoms with E-state index in [0.29, 0.717) is 6.04 Å². The van der Waals surface area contributed by atoms with Gasteiger partial charge in [0.1, 0.15) is 5.75 Å². The molecule has 0 aliphatic carbocycles. The fourth-order valence-electron chi connectivity index (χ4n) is 1.91. The smallest absolute Gasteiger partial charge is 0.118 e. The van der Waals surface area contributed by atoms with Gasteiger partial charge in [-0.1, -0.05) is 23.7 Å². The Morgan fingerprint density at radius 1 is 1.21 bits per heavy atom. The van der Waals surface area contributed by atoms with E-state index >= 15 is 0 Å². The highest BCUT2D eigenvalue weighted by Crippen LogP contribution is 2.22. The Morgan fingerprint density at radius 2 is 1.95 bits per heavy atom. The summed E-state index contributed by atoms with van der Waals surface area (Å²) in [6.45, 7) is 3.12. The van der Waals surface area contributed by atoms with Crippen LogP contribution in [-0.4, -0.2) is 13.7 Å². The summed E-state index contributed by atoms with van der Waals surface area (Å²) in [5.74, 6) is 0.893. The first-order chi connectivity index (χ1) is 9.19. The van der Waals surface area contributed by atoms with Gasteiger partial charge in [-0.25, -0.2) is 0 Å². The normalized spacial score (nSPS) is 12.4. The lowest BCUT2D eigenvalue weighted by atomic mass is 10.1. The molecule has 19 heavy (non-hydrogen) atoms. The third-order valence-corrected chi connectivity index (χ3v) is 4.36. The third-order valence-electron chi connectivity index (χ3n) is 3.07. The van der Waals surface area contributed by atoms with E-state index in [1.54, 1.807) is 18.4 Å². The number of ether oxygens (including phenoxy) is 1. The van der Waals surface area contributed by atoms with Gasteiger partial charge < -0.3 is 10.1 Å². The topological polar surface area (TPSA) is 21.3 Å². The molecule has 0 saturated carbocycles. The van der Waals surface area contributed by atoms with E-state index < -0.39 is 0 Å². The van der Waals surface area contributed by atoms with Crippen LogP contribution >= 0.6 is 22.9 Å². The van der Waals surface area contributed by atoms with Gasteiger partial charge >= 0.3 is 0 Å². The van der Waals surface area contributed by atoms with Crippen molar-refractivity contribution in [2.75, 3.05) is 13.7 Å². The van der Waals surface area contributed by atoms with Gasteiger partial charge in [0.15, 0.2) is 0 Å². The number of nitrogens with one attached hydrogen (secondary N) is 1. The van der Waals surface area contributed by atoms with Gasteiger partial charge in [0.25, 0.3) is 0 Å². The summed E-state index contributed by atoms with van der Waals surface area (Å²) in [7, 11) is 1.68. The molecule has 0 aliphatic rings. The minimum Gasteiger partial charge on any atom is -0.497 e. The predicted molar refractivity (Wildman–Crippen MR) is 82.4 cm³/mol. The fourth-order valence-corrected chi connectivity index (χ4v) is 3.00. The van der Waals surface area contributed by atoms with Crippen molar-refractivity contribution in [1.29, 1.82) is 0 Å². The zero-order chi connectivity index (χ0) is 13.7. The summed E-state index contributed by atoms with van der Waals surface area (Å²) in [6.07, 6.45) is 1.01. The Balaban J connectivity index is 1.81. The average Bonchev–Trinajstić information content (AvgIpc) is 2.84. The van der Waals surface area contributed by atoms with Crippen LogP contribution in [0.5, 0.6) is 5.75 Å². The van der Waals surface area contributed by atoms with Crippen molar-refractivity contribution in [2.24, 2.45) is 0 Å². The molecule has 0 aliphatic heterocycles. The molecule has 1 heterocycles. The molecular formula is C15H18ClNOS. The first-order valence-electron chi connectivity index (χ1n) is 6.30. The number of halogens is 1. The van der Waals surface area contributed by atoms with E-state index in [1.807, 2.05) is 18.2 Å². The maximum absolute atomic E-state index is 5.91. The van der Waals surface area contributed by atoms with Crippen LogP contribution in [-0.2, 0) is 6.42 Å². The van der Waals surface area contributed by atoms with Gasteiger partial charge in [0.2, 0.25) is 0 Å². The molecule has 2 nitrogen and oxygen atoms in total. The summed E-state index contributed by atoms with van der Waals surface area (Å²) in [6, 6.07) is 12.6. The number of thiophene rings is 1. The van der Waals surface area contributed by atoms with Crippen molar-refractivity contribution in [2.45, 2.75) is 19.4 Å². The van der Waals surface area contributed by atoms with Gasteiger partial charge in [-0.15, -0.1) is 11.3 Å².